The molecule has 2 heteroatoms. The lowest BCUT2D eigenvalue weighted by atomic mass is 10.5. The minimum Gasteiger partial charge on any atom is -0.508 e. The molecule has 0 saturated heterocycles. The van der Waals surface area contributed by atoms with E-state index in [2.05, 4.69) is 11.2 Å². The van der Waals surface area contributed by atoms with Crippen molar-refractivity contribution in [1.29, 1.82) is 0 Å². The Bertz CT molecular complexity index is 115. The molecule has 0 aromatic rings. The van der Waals surface area contributed by atoms with Gasteiger partial charge in [-0.05, 0) is 6.92 Å². The molecule has 0 atom stereocenters. The third kappa shape index (κ3) is 0.796. The Morgan fingerprint density at radius 1 is 2.00 bits per heavy atom. The lowest BCUT2D eigenvalue weighted by Gasteiger charge is -2.04. The van der Waals surface area contributed by atoms with Crippen molar-refractivity contribution in [3.63, 3.8) is 0 Å². The molecule has 0 aromatic heterocycles. The highest BCUT2D eigenvalue weighted by Gasteiger charge is 1.96. The molecule has 0 spiro atoms. The second kappa shape index (κ2) is 1.78. The van der Waals surface area contributed by atoms with Gasteiger partial charge in [0.2, 0.25) is 0 Å². The fourth-order valence-electron chi connectivity index (χ4n) is 0.364. The maximum atomic E-state index is 4.97. The molecule has 0 unspecified atom stereocenters. The molecular weight excluding hydrogens is 90.1 g/mol. The lowest BCUT2D eigenvalue weighted by molar-refractivity contribution is -0.385. The Kier molecular flexibility index (Phi) is 1.11. The van der Waals surface area contributed by atoms with Crippen LogP contribution in [-0.4, -0.2) is 12.8 Å². The lowest BCUT2D eigenvalue weighted by Crippen LogP contribution is -2.68. The first-order valence-electron chi connectivity index (χ1n) is 2.28. The van der Waals surface area contributed by atoms with Crippen LogP contribution in [0, 0.1) is 0 Å². The van der Waals surface area contributed by atoms with Gasteiger partial charge in [-0.15, -0.1) is 0 Å². The summed E-state index contributed by atoms with van der Waals surface area (Å²) in [5.74, 6) is 0.822. The van der Waals surface area contributed by atoms with Crippen LogP contribution in [0.2, 0.25) is 0 Å². The SMILES string of the molecule is CCOC1=C[NH+]=[C-]1. The van der Waals surface area contributed by atoms with Gasteiger partial charge in [0.1, 0.15) is 12.0 Å². The van der Waals surface area contributed by atoms with E-state index in [0.717, 1.165) is 12.4 Å². The summed E-state index contributed by atoms with van der Waals surface area (Å²) < 4.78 is 4.97. The molecular formula is C5H7NO. The summed E-state index contributed by atoms with van der Waals surface area (Å²) in [6.45, 7) is 2.67. The van der Waals surface area contributed by atoms with Gasteiger partial charge in [-0.2, -0.15) is 0 Å². The summed E-state index contributed by atoms with van der Waals surface area (Å²) in [5, 5.41) is 0. The van der Waals surface area contributed by atoms with Crippen LogP contribution in [0.3, 0.4) is 0 Å². The van der Waals surface area contributed by atoms with Crippen LogP contribution in [0.15, 0.2) is 12.0 Å². The van der Waals surface area contributed by atoms with E-state index in [1.54, 1.807) is 6.20 Å². The molecule has 0 bridgehead atoms. The molecule has 38 valence electrons. The molecule has 1 heterocycles. The van der Waals surface area contributed by atoms with E-state index < -0.39 is 0 Å². The fourth-order valence-corrected chi connectivity index (χ4v) is 0.364. The van der Waals surface area contributed by atoms with E-state index in [1.165, 1.54) is 0 Å². The molecule has 1 aliphatic rings. The third-order valence-corrected chi connectivity index (χ3v) is 0.698. The van der Waals surface area contributed by atoms with Crippen molar-refractivity contribution in [2.24, 2.45) is 0 Å². The third-order valence-electron chi connectivity index (χ3n) is 0.698. The number of ether oxygens (including phenoxy) is 1. The zero-order valence-corrected chi connectivity index (χ0v) is 4.19. The minimum atomic E-state index is 0.723. The average molecular weight is 97.1 g/mol. The van der Waals surface area contributed by atoms with Gasteiger partial charge in [-0.25, -0.2) is 0 Å². The van der Waals surface area contributed by atoms with Crippen LogP contribution in [0.5, 0.6) is 0 Å². The highest BCUT2D eigenvalue weighted by Crippen LogP contribution is 1.88. The van der Waals surface area contributed by atoms with E-state index in [4.69, 9.17) is 4.74 Å². The van der Waals surface area contributed by atoms with Crippen molar-refractivity contribution in [2.75, 3.05) is 6.61 Å². The summed E-state index contributed by atoms with van der Waals surface area (Å²) >= 11 is 0. The second-order valence-corrected chi connectivity index (χ2v) is 1.21. The molecule has 0 aromatic carbocycles. The standard InChI is InChI=1S/C5H7NO/c1-2-7-5-3-6-4-5/h3,6H,2H2,1H3. The van der Waals surface area contributed by atoms with Crippen molar-refractivity contribution in [1.82, 2.24) is 0 Å². The first-order valence-corrected chi connectivity index (χ1v) is 2.28. The van der Waals surface area contributed by atoms with Crippen LogP contribution in [0.4, 0.5) is 0 Å². The smallest absolute Gasteiger partial charge is 0.163 e. The van der Waals surface area contributed by atoms with Gasteiger partial charge >= 0.3 is 0 Å². The summed E-state index contributed by atoms with van der Waals surface area (Å²) in [4.78, 5) is 2.71. The fraction of sp³-hybridized carbons (Fsp3) is 0.400. The van der Waals surface area contributed by atoms with E-state index in [-0.39, 0.29) is 0 Å². The zero-order chi connectivity index (χ0) is 5.11. The minimum absolute atomic E-state index is 0.723. The van der Waals surface area contributed by atoms with Gasteiger partial charge in [0.15, 0.2) is 6.21 Å². The van der Waals surface area contributed by atoms with Gasteiger partial charge in [0.05, 0.1) is 6.61 Å². The van der Waals surface area contributed by atoms with Crippen LogP contribution in [0.1, 0.15) is 6.92 Å². The molecule has 7 heavy (non-hydrogen) atoms. The monoisotopic (exact) mass is 97.1 g/mol. The van der Waals surface area contributed by atoms with Crippen LogP contribution < -0.4 is 4.99 Å². The number of nitrogens with one attached hydrogen (secondary N) is 1. The Balaban J connectivity index is 2.17. The van der Waals surface area contributed by atoms with Gasteiger partial charge in [0, 0.05) is 0 Å². The van der Waals surface area contributed by atoms with Gasteiger partial charge < -0.3 is 9.73 Å². The van der Waals surface area contributed by atoms with E-state index in [0.29, 0.717) is 0 Å². The Hall–Kier alpha value is -0.790. The van der Waals surface area contributed by atoms with Crippen LogP contribution in [0.25, 0.3) is 0 Å². The van der Waals surface area contributed by atoms with Gasteiger partial charge in [-0.1, -0.05) is 0 Å². The Labute approximate surface area is 42.5 Å². The molecule has 1 N–H and O–H groups in total. The largest absolute Gasteiger partial charge is 0.508 e. The molecule has 0 fully saturated rings. The highest BCUT2D eigenvalue weighted by molar-refractivity contribution is 5.73. The molecule has 0 saturated carbocycles. The maximum absolute atomic E-state index is 4.97. The molecule has 0 amide bonds. The predicted octanol–water partition coefficient (Wildman–Crippen LogP) is -1.09. The molecule has 0 radical (unpaired) electrons. The second-order valence-electron chi connectivity index (χ2n) is 1.21. The maximum Gasteiger partial charge on any atom is 0.163 e. The van der Waals surface area contributed by atoms with Gasteiger partial charge in [0.25, 0.3) is 0 Å². The van der Waals surface area contributed by atoms with E-state index >= 15 is 0 Å². The number of rotatable bonds is 2. The van der Waals surface area contributed by atoms with Crippen LogP contribution in [-0.2, 0) is 4.74 Å². The first kappa shape index (κ1) is 4.37. The average Bonchev–Trinajstić information content (AvgIpc) is 1.55. The van der Waals surface area contributed by atoms with E-state index in [1.807, 2.05) is 6.92 Å². The summed E-state index contributed by atoms with van der Waals surface area (Å²) in [6.07, 6.45) is 4.50. The van der Waals surface area contributed by atoms with Crippen molar-refractivity contribution < 1.29 is 9.73 Å². The van der Waals surface area contributed by atoms with Crippen molar-refractivity contribution in [3.05, 3.63) is 12.0 Å². The molecule has 2 nitrogen and oxygen atoms in total. The van der Waals surface area contributed by atoms with E-state index in [9.17, 15) is 0 Å². The zero-order valence-electron chi connectivity index (χ0n) is 4.19. The van der Waals surface area contributed by atoms with Crippen LogP contribution >= 0.6 is 0 Å². The molecule has 1 aliphatic heterocycles. The van der Waals surface area contributed by atoms with Crippen molar-refractivity contribution in [2.45, 2.75) is 6.92 Å². The predicted molar refractivity (Wildman–Crippen MR) is 25.7 cm³/mol. The molecule has 1 rings (SSSR count). The number of hydrogen-bond donors (Lipinski definition) is 1. The van der Waals surface area contributed by atoms with Crippen molar-refractivity contribution in [3.8, 4) is 0 Å². The Morgan fingerprint density at radius 3 is 2.86 bits per heavy atom. The van der Waals surface area contributed by atoms with Crippen molar-refractivity contribution >= 4 is 6.21 Å². The Morgan fingerprint density at radius 2 is 2.71 bits per heavy atom. The number of allylic oxidation sites excluding steroid dienone is 1. The topological polar surface area (TPSA) is 23.2 Å². The number of hydrogen-bond acceptors (Lipinski definition) is 1. The quantitative estimate of drug-likeness (QED) is 0.435. The first-order chi connectivity index (χ1) is 3.43. The normalized spacial score (nSPS) is 15.3. The van der Waals surface area contributed by atoms with Gasteiger partial charge in [-0.3, -0.25) is 0 Å². The summed E-state index contributed by atoms with van der Waals surface area (Å²) in [6, 6.07) is 0. The highest BCUT2D eigenvalue weighted by atomic mass is 16.5. The summed E-state index contributed by atoms with van der Waals surface area (Å²) in [7, 11) is 0. The summed E-state index contributed by atoms with van der Waals surface area (Å²) in [5.41, 5.74) is 0. The molecule has 0 aliphatic carbocycles.